The Kier molecular flexibility index (Phi) is 3.78. The first-order chi connectivity index (χ1) is 9.34. The van der Waals surface area contributed by atoms with Crippen LogP contribution in [0.3, 0.4) is 0 Å². The van der Waals surface area contributed by atoms with Crippen molar-refractivity contribution in [3.05, 3.63) is 30.1 Å². The molecule has 4 nitrogen and oxygen atoms in total. The molecule has 0 unspecified atom stereocenters. The molecular weight excluding hydrogens is 238 g/mol. The molecule has 1 aromatic rings. The fraction of sp³-hybridized carbons (Fsp3) is 0.600. The maximum Gasteiger partial charge on any atom is 0.255 e. The van der Waals surface area contributed by atoms with Crippen LogP contribution in [0.4, 0.5) is 0 Å². The maximum absolute atomic E-state index is 12.4. The Labute approximate surface area is 114 Å². The van der Waals surface area contributed by atoms with E-state index < -0.39 is 0 Å². The van der Waals surface area contributed by atoms with Gasteiger partial charge in [0.1, 0.15) is 0 Å². The first kappa shape index (κ1) is 12.6. The zero-order valence-electron chi connectivity index (χ0n) is 11.3. The van der Waals surface area contributed by atoms with Gasteiger partial charge in [-0.2, -0.15) is 0 Å². The molecule has 1 amide bonds. The topological polar surface area (TPSA) is 36.4 Å². The summed E-state index contributed by atoms with van der Waals surface area (Å²) in [5, 5.41) is 0. The number of nitrogens with zero attached hydrogens (tertiary/aromatic N) is 3. The molecule has 4 heteroatoms. The van der Waals surface area contributed by atoms with Crippen LogP contribution in [0.2, 0.25) is 0 Å². The Balaban J connectivity index is 1.61. The molecule has 1 aliphatic heterocycles. The Bertz CT molecular complexity index is 430. The number of hydrogen-bond donors (Lipinski definition) is 0. The van der Waals surface area contributed by atoms with Gasteiger partial charge in [0, 0.05) is 44.6 Å². The van der Waals surface area contributed by atoms with Gasteiger partial charge in [0.15, 0.2) is 0 Å². The van der Waals surface area contributed by atoms with E-state index >= 15 is 0 Å². The zero-order chi connectivity index (χ0) is 13.1. The molecule has 0 bridgehead atoms. The number of hydrogen-bond acceptors (Lipinski definition) is 3. The van der Waals surface area contributed by atoms with Crippen LogP contribution in [0.1, 0.15) is 36.0 Å². The molecule has 3 rings (SSSR count). The van der Waals surface area contributed by atoms with E-state index in [4.69, 9.17) is 0 Å². The molecule has 1 aliphatic carbocycles. The highest BCUT2D eigenvalue weighted by Gasteiger charge is 2.27. The molecule has 0 N–H and O–H groups in total. The molecule has 2 heterocycles. The van der Waals surface area contributed by atoms with Crippen molar-refractivity contribution >= 4 is 5.91 Å². The lowest BCUT2D eigenvalue weighted by Crippen LogP contribution is -2.42. The highest BCUT2D eigenvalue weighted by molar-refractivity contribution is 5.93. The van der Waals surface area contributed by atoms with Gasteiger partial charge in [-0.1, -0.05) is 6.42 Å². The third-order valence-electron chi connectivity index (χ3n) is 4.32. The van der Waals surface area contributed by atoms with Gasteiger partial charge in [-0.15, -0.1) is 0 Å². The van der Waals surface area contributed by atoms with Crippen molar-refractivity contribution in [1.82, 2.24) is 14.8 Å². The second-order valence-corrected chi connectivity index (χ2v) is 5.51. The lowest BCUT2D eigenvalue weighted by Gasteiger charge is -2.36. The van der Waals surface area contributed by atoms with Gasteiger partial charge in [-0.3, -0.25) is 14.7 Å². The molecule has 2 aliphatic rings. The Morgan fingerprint density at radius 2 is 2.05 bits per heavy atom. The number of rotatable bonds is 2. The van der Waals surface area contributed by atoms with E-state index in [0.717, 1.165) is 38.6 Å². The van der Waals surface area contributed by atoms with Crippen molar-refractivity contribution in [3.63, 3.8) is 0 Å². The third-order valence-corrected chi connectivity index (χ3v) is 4.32. The molecule has 102 valence electrons. The van der Waals surface area contributed by atoms with Crippen LogP contribution in [0.15, 0.2) is 24.5 Å². The molecule has 19 heavy (non-hydrogen) atoms. The number of aromatic nitrogens is 1. The molecule has 1 aromatic heterocycles. The van der Waals surface area contributed by atoms with Gasteiger partial charge >= 0.3 is 0 Å². The number of carbonyl (C=O) groups is 1. The van der Waals surface area contributed by atoms with Gasteiger partial charge in [0.25, 0.3) is 5.91 Å². The average molecular weight is 259 g/mol. The first-order valence-electron chi connectivity index (χ1n) is 7.28. The summed E-state index contributed by atoms with van der Waals surface area (Å²) in [5.74, 6) is 0.128. The third kappa shape index (κ3) is 2.78. The van der Waals surface area contributed by atoms with Crippen LogP contribution >= 0.6 is 0 Å². The summed E-state index contributed by atoms with van der Waals surface area (Å²) < 4.78 is 0. The molecule has 2 fully saturated rings. The summed E-state index contributed by atoms with van der Waals surface area (Å²) in [6.45, 7) is 3.89. The van der Waals surface area contributed by atoms with E-state index in [1.807, 2.05) is 17.0 Å². The summed E-state index contributed by atoms with van der Waals surface area (Å²) in [7, 11) is 0. The van der Waals surface area contributed by atoms with E-state index in [1.54, 1.807) is 12.4 Å². The molecular formula is C15H21N3O. The van der Waals surface area contributed by atoms with E-state index in [9.17, 15) is 4.79 Å². The van der Waals surface area contributed by atoms with Crippen LogP contribution < -0.4 is 0 Å². The quantitative estimate of drug-likeness (QED) is 0.812. The zero-order valence-corrected chi connectivity index (χ0v) is 11.3. The SMILES string of the molecule is O=C(c1cccnc1)N1CCCN(C2CCC2)CC1. The lowest BCUT2D eigenvalue weighted by atomic mass is 9.91. The fourth-order valence-electron chi connectivity index (χ4n) is 2.93. The van der Waals surface area contributed by atoms with Crippen LogP contribution in [0, 0.1) is 0 Å². The molecule has 0 radical (unpaired) electrons. The largest absolute Gasteiger partial charge is 0.337 e. The minimum Gasteiger partial charge on any atom is -0.337 e. The molecule has 0 atom stereocenters. The summed E-state index contributed by atoms with van der Waals surface area (Å²) in [4.78, 5) is 21.0. The smallest absolute Gasteiger partial charge is 0.255 e. The Morgan fingerprint density at radius 3 is 2.74 bits per heavy atom. The summed E-state index contributed by atoms with van der Waals surface area (Å²) in [6.07, 6.45) is 8.52. The van der Waals surface area contributed by atoms with Crippen LogP contribution in [-0.4, -0.2) is 52.9 Å². The highest BCUT2D eigenvalue weighted by atomic mass is 16.2. The minimum atomic E-state index is 0.128. The molecule has 0 aromatic carbocycles. The Hall–Kier alpha value is -1.42. The van der Waals surface area contributed by atoms with Crippen molar-refractivity contribution in [1.29, 1.82) is 0 Å². The van der Waals surface area contributed by atoms with E-state index in [1.165, 1.54) is 19.3 Å². The van der Waals surface area contributed by atoms with Crippen LogP contribution in [0.5, 0.6) is 0 Å². The standard InChI is InChI=1S/C15H21N3O/c19-15(13-4-2-7-16-12-13)18-9-3-8-17(10-11-18)14-5-1-6-14/h2,4,7,12,14H,1,3,5-6,8-11H2. The second-order valence-electron chi connectivity index (χ2n) is 5.51. The minimum absolute atomic E-state index is 0.128. The van der Waals surface area contributed by atoms with Gasteiger partial charge in [-0.05, 0) is 31.4 Å². The predicted molar refractivity (Wildman–Crippen MR) is 74.0 cm³/mol. The van der Waals surface area contributed by atoms with Gasteiger partial charge in [-0.25, -0.2) is 0 Å². The van der Waals surface area contributed by atoms with Crippen molar-refractivity contribution in [2.45, 2.75) is 31.7 Å². The normalized spacial score (nSPS) is 21.8. The van der Waals surface area contributed by atoms with Crippen molar-refractivity contribution in [3.8, 4) is 0 Å². The molecule has 1 saturated carbocycles. The lowest BCUT2D eigenvalue weighted by molar-refractivity contribution is 0.0749. The summed E-state index contributed by atoms with van der Waals surface area (Å²) in [5.41, 5.74) is 0.708. The summed E-state index contributed by atoms with van der Waals surface area (Å²) >= 11 is 0. The van der Waals surface area contributed by atoms with E-state index in [2.05, 4.69) is 9.88 Å². The van der Waals surface area contributed by atoms with Crippen molar-refractivity contribution in [2.75, 3.05) is 26.2 Å². The first-order valence-corrected chi connectivity index (χ1v) is 7.28. The fourth-order valence-corrected chi connectivity index (χ4v) is 2.93. The number of carbonyl (C=O) groups excluding carboxylic acids is 1. The second kappa shape index (κ2) is 5.70. The van der Waals surface area contributed by atoms with Gasteiger partial charge < -0.3 is 4.90 Å². The predicted octanol–water partition coefficient (Wildman–Crippen LogP) is 1.78. The van der Waals surface area contributed by atoms with Gasteiger partial charge in [0.05, 0.1) is 5.56 Å². The number of pyridine rings is 1. The van der Waals surface area contributed by atoms with Gasteiger partial charge in [0.2, 0.25) is 0 Å². The maximum atomic E-state index is 12.4. The Morgan fingerprint density at radius 1 is 1.16 bits per heavy atom. The monoisotopic (exact) mass is 259 g/mol. The van der Waals surface area contributed by atoms with Crippen molar-refractivity contribution in [2.24, 2.45) is 0 Å². The van der Waals surface area contributed by atoms with Crippen LogP contribution in [-0.2, 0) is 0 Å². The van der Waals surface area contributed by atoms with Crippen LogP contribution in [0.25, 0.3) is 0 Å². The van der Waals surface area contributed by atoms with Crippen molar-refractivity contribution < 1.29 is 4.79 Å². The average Bonchev–Trinajstić information content (AvgIpc) is 2.63. The molecule has 0 spiro atoms. The van der Waals surface area contributed by atoms with E-state index in [0.29, 0.717) is 5.56 Å². The highest BCUT2D eigenvalue weighted by Crippen LogP contribution is 2.25. The summed E-state index contributed by atoms with van der Waals surface area (Å²) in [6, 6.07) is 4.46. The molecule has 1 saturated heterocycles. The number of amides is 1. The van der Waals surface area contributed by atoms with E-state index in [-0.39, 0.29) is 5.91 Å².